The molecule has 0 heterocycles. The molecular formula is C11H20O5S. The summed E-state index contributed by atoms with van der Waals surface area (Å²) in [6.07, 6.45) is 4.07. The van der Waals surface area contributed by atoms with Gasteiger partial charge in [0.1, 0.15) is 0 Å². The van der Waals surface area contributed by atoms with Crippen LogP contribution in [0.4, 0.5) is 0 Å². The standard InChI is InChI=1S/C11H20O5S/c1-3-8-15-11(12)9-4-6-10(7-5-9)16-17(2,13)14/h9-10H,3-8H2,1-2H3. The lowest BCUT2D eigenvalue weighted by Gasteiger charge is -2.26. The Labute approximate surface area is 103 Å². The highest BCUT2D eigenvalue weighted by Gasteiger charge is 2.29. The molecule has 100 valence electrons. The Bertz CT molecular complexity index is 341. The Morgan fingerprint density at radius 1 is 1.24 bits per heavy atom. The van der Waals surface area contributed by atoms with Crippen molar-refractivity contribution in [3.63, 3.8) is 0 Å². The van der Waals surface area contributed by atoms with Crippen LogP contribution in [0.2, 0.25) is 0 Å². The van der Waals surface area contributed by atoms with Crippen molar-refractivity contribution in [3.8, 4) is 0 Å². The largest absolute Gasteiger partial charge is 0.465 e. The molecule has 0 radical (unpaired) electrons. The molecule has 0 amide bonds. The Kier molecular flexibility index (Phi) is 5.39. The maximum atomic E-state index is 11.6. The molecule has 0 N–H and O–H groups in total. The van der Waals surface area contributed by atoms with Gasteiger partial charge in [0.2, 0.25) is 0 Å². The van der Waals surface area contributed by atoms with Gasteiger partial charge in [-0.25, -0.2) is 0 Å². The molecule has 0 aliphatic heterocycles. The molecule has 6 heteroatoms. The van der Waals surface area contributed by atoms with E-state index in [2.05, 4.69) is 0 Å². The van der Waals surface area contributed by atoms with Crippen molar-refractivity contribution in [2.75, 3.05) is 12.9 Å². The molecule has 0 atom stereocenters. The fourth-order valence-corrected chi connectivity index (χ4v) is 2.65. The van der Waals surface area contributed by atoms with Crippen molar-refractivity contribution in [2.45, 2.75) is 45.1 Å². The molecule has 1 saturated carbocycles. The third-order valence-electron chi connectivity index (χ3n) is 2.77. The third kappa shape index (κ3) is 5.50. The molecule has 17 heavy (non-hydrogen) atoms. The molecule has 1 aliphatic rings. The molecule has 0 bridgehead atoms. The zero-order valence-corrected chi connectivity index (χ0v) is 11.2. The molecule has 5 nitrogen and oxygen atoms in total. The van der Waals surface area contributed by atoms with Gasteiger partial charge in [0.05, 0.1) is 24.9 Å². The van der Waals surface area contributed by atoms with Crippen LogP contribution in [0.3, 0.4) is 0 Å². The highest BCUT2D eigenvalue weighted by Crippen LogP contribution is 2.27. The summed E-state index contributed by atoms with van der Waals surface area (Å²) in [5, 5.41) is 0. The number of carbonyl (C=O) groups excluding carboxylic acids is 1. The van der Waals surface area contributed by atoms with Gasteiger partial charge < -0.3 is 4.74 Å². The molecule has 0 spiro atoms. The number of ether oxygens (including phenoxy) is 1. The van der Waals surface area contributed by atoms with Gasteiger partial charge in [0.25, 0.3) is 10.1 Å². The zero-order valence-electron chi connectivity index (χ0n) is 10.3. The zero-order chi connectivity index (χ0) is 12.9. The minimum atomic E-state index is -3.39. The van der Waals surface area contributed by atoms with E-state index in [1.807, 2.05) is 6.92 Å². The fourth-order valence-electron chi connectivity index (χ4n) is 1.96. The second-order valence-electron chi connectivity index (χ2n) is 4.44. The van der Waals surface area contributed by atoms with Gasteiger partial charge >= 0.3 is 5.97 Å². The van der Waals surface area contributed by atoms with E-state index in [0.29, 0.717) is 32.3 Å². The van der Waals surface area contributed by atoms with Crippen LogP contribution >= 0.6 is 0 Å². The van der Waals surface area contributed by atoms with Gasteiger partial charge in [0, 0.05) is 0 Å². The van der Waals surface area contributed by atoms with E-state index in [-0.39, 0.29) is 18.0 Å². The van der Waals surface area contributed by atoms with Crippen LogP contribution in [-0.2, 0) is 23.8 Å². The predicted molar refractivity (Wildman–Crippen MR) is 62.9 cm³/mol. The van der Waals surface area contributed by atoms with Gasteiger partial charge in [-0.3, -0.25) is 8.98 Å². The number of hydrogen-bond donors (Lipinski definition) is 0. The van der Waals surface area contributed by atoms with Crippen LogP contribution in [0, 0.1) is 5.92 Å². The average molecular weight is 264 g/mol. The summed E-state index contributed by atoms with van der Waals surface area (Å²) in [5.41, 5.74) is 0. The molecule has 0 aromatic rings. The predicted octanol–water partition coefficient (Wildman–Crippen LogP) is 1.47. The Morgan fingerprint density at radius 3 is 2.29 bits per heavy atom. The first-order valence-electron chi connectivity index (χ1n) is 5.97. The van der Waals surface area contributed by atoms with Crippen LogP contribution in [0.15, 0.2) is 0 Å². The quantitative estimate of drug-likeness (QED) is 0.555. The molecular weight excluding hydrogens is 244 g/mol. The topological polar surface area (TPSA) is 69.7 Å². The lowest BCUT2D eigenvalue weighted by atomic mass is 9.87. The molecule has 1 aliphatic carbocycles. The van der Waals surface area contributed by atoms with Gasteiger partial charge in [0.15, 0.2) is 0 Å². The van der Waals surface area contributed by atoms with Crippen LogP contribution in [-0.4, -0.2) is 33.4 Å². The minimum absolute atomic E-state index is 0.0963. The highest BCUT2D eigenvalue weighted by atomic mass is 32.2. The number of hydrogen-bond acceptors (Lipinski definition) is 5. The van der Waals surface area contributed by atoms with Crippen LogP contribution < -0.4 is 0 Å². The number of esters is 1. The van der Waals surface area contributed by atoms with Crippen molar-refractivity contribution in [1.82, 2.24) is 0 Å². The fraction of sp³-hybridized carbons (Fsp3) is 0.909. The highest BCUT2D eigenvalue weighted by molar-refractivity contribution is 7.86. The Balaban J connectivity index is 2.33. The van der Waals surface area contributed by atoms with E-state index >= 15 is 0 Å². The lowest BCUT2D eigenvalue weighted by molar-refractivity contribution is -0.150. The van der Waals surface area contributed by atoms with Crippen LogP contribution in [0.25, 0.3) is 0 Å². The van der Waals surface area contributed by atoms with Crippen LogP contribution in [0.1, 0.15) is 39.0 Å². The van der Waals surface area contributed by atoms with E-state index in [4.69, 9.17) is 8.92 Å². The van der Waals surface area contributed by atoms with Gasteiger partial charge in [-0.2, -0.15) is 8.42 Å². The van der Waals surface area contributed by atoms with Gasteiger partial charge in [-0.1, -0.05) is 6.92 Å². The van der Waals surface area contributed by atoms with E-state index in [9.17, 15) is 13.2 Å². The maximum absolute atomic E-state index is 11.6. The molecule has 0 aromatic carbocycles. The minimum Gasteiger partial charge on any atom is -0.465 e. The third-order valence-corrected chi connectivity index (χ3v) is 3.39. The second-order valence-corrected chi connectivity index (χ2v) is 6.04. The molecule has 1 rings (SSSR count). The molecule has 1 fully saturated rings. The van der Waals surface area contributed by atoms with Gasteiger partial charge in [-0.05, 0) is 32.1 Å². The van der Waals surface area contributed by atoms with E-state index in [1.54, 1.807) is 0 Å². The van der Waals surface area contributed by atoms with Crippen molar-refractivity contribution in [2.24, 2.45) is 5.92 Å². The van der Waals surface area contributed by atoms with Crippen molar-refractivity contribution < 1.29 is 22.1 Å². The number of carbonyl (C=O) groups is 1. The van der Waals surface area contributed by atoms with Crippen molar-refractivity contribution >= 4 is 16.1 Å². The Morgan fingerprint density at radius 2 is 1.82 bits per heavy atom. The maximum Gasteiger partial charge on any atom is 0.308 e. The van der Waals surface area contributed by atoms with Crippen LogP contribution in [0.5, 0.6) is 0 Å². The summed E-state index contributed by atoms with van der Waals surface area (Å²) in [6.45, 7) is 2.41. The van der Waals surface area contributed by atoms with E-state index in [1.165, 1.54) is 0 Å². The summed E-state index contributed by atoms with van der Waals surface area (Å²) in [7, 11) is -3.39. The molecule has 0 unspecified atom stereocenters. The summed E-state index contributed by atoms with van der Waals surface area (Å²) in [5.74, 6) is -0.259. The first-order valence-corrected chi connectivity index (χ1v) is 7.79. The van der Waals surface area contributed by atoms with Gasteiger partial charge in [-0.15, -0.1) is 0 Å². The molecule has 0 saturated heterocycles. The Hall–Kier alpha value is -0.620. The summed E-state index contributed by atoms with van der Waals surface area (Å²) < 4.78 is 31.9. The van der Waals surface area contributed by atoms with E-state index in [0.717, 1.165) is 12.7 Å². The summed E-state index contributed by atoms with van der Waals surface area (Å²) in [4.78, 5) is 11.6. The van der Waals surface area contributed by atoms with Crippen molar-refractivity contribution in [1.29, 1.82) is 0 Å². The molecule has 0 aromatic heterocycles. The first-order chi connectivity index (χ1) is 7.92. The second kappa shape index (κ2) is 6.35. The average Bonchev–Trinajstić information content (AvgIpc) is 2.24. The number of rotatable bonds is 5. The SMILES string of the molecule is CCCOC(=O)C1CCC(OS(C)(=O)=O)CC1. The first kappa shape index (κ1) is 14.4. The van der Waals surface area contributed by atoms with E-state index < -0.39 is 10.1 Å². The van der Waals surface area contributed by atoms with Crippen molar-refractivity contribution in [3.05, 3.63) is 0 Å². The summed E-state index contributed by atoms with van der Waals surface area (Å²) >= 11 is 0. The lowest BCUT2D eigenvalue weighted by Crippen LogP contribution is -2.28. The smallest absolute Gasteiger partial charge is 0.308 e. The monoisotopic (exact) mass is 264 g/mol. The normalized spacial score (nSPS) is 25.5. The summed E-state index contributed by atoms with van der Waals surface area (Å²) in [6, 6.07) is 0.